The van der Waals surface area contributed by atoms with Crippen molar-refractivity contribution in [3.8, 4) is 11.5 Å². The number of ether oxygens (including phenoxy) is 3. The highest BCUT2D eigenvalue weighted by atomic mass is 35.5. The molecule has 0 spiro atoms. The van der Waals surface area contributed by atoms with Gasteiger partial charge in [-0.05, 0) is 29.8 Å². The van der Waals surface area contributed by atoms with Gasteiger partial charge in [0, 0.05) is 26.0 Å². The predicted octanol–water partition coefficient (Wildman–Crippen LogP) is 3.44. The molecular weight excluding hydrogens is 432 g/mol. The van der Waals surface area contributed by atoms with Gasteiger partial charge in [-0.3, -0.25) is 19.7 Å². The number of hydrogen-bond donors (Lipinski definition) is 0. The Hall–Kier alpha value is -4.05. The molecule has 11 heteroatoms. The minimum atomic E-state index is -0.775. The first-order valence-corrected chi connectivity index (χ1v) is 8.99. The number of halogens is 1. The van der Waals surface area contributed by atoms with Crippen molar-refractivity contribution in [3.05, 3.63) is 68.4 Å². The van der Waals surface area contributed by atoms with Crippen LogP contribution in [0.5, 0.6) is 11.5 Å². The molecule has 2 aromatic rings. The van der Waals surface area contributed by atoms with Gasteiger partial charge in [-0.15, -0.1) is 0 Å². The molecule has 0 amide bonds. The standard InChI is InChI=1S/C20H13ClN2O8/c1-10(24)29-17-6-3-12(8-18(17)30-11(2)25)7-16-20(26)31-19(22-16)14-5-4-13(23(27)28)9-15(14)21/h3-9H,1-2H3/b16-7-. The number of aliphatic imine (C=N–C) groups is 1. The quantitative estimate of drug-likeness (QED) is 0.225. The summed E-state index contributed by atoms with van der Waals surface area (Å²) in [5.74, 6) is -2.12. The number of nitrogens with zero attached hydrogens (tertiary/aromatic N) is 2. The van der Waals surface area contributed by atoms with Crippen LogP contribution >= 0.6 is 11.6 Å². The van der Waals surface area contributed by atoms with Crippen LogP contribution in [0.3, 0.4) is 0 Å². The number of nitro groups is 1. The highest BCUT2D eigenvalue weighted by Gasteiger charge is 2.26. The Balaban J connectivity index is 1.95. The summed E-state index contributed by atoms with van der Waals surface area (Å²) in [6.45, 7) is 2.38. The molecule has 10 nitrogen and oxygen atoms in total. The van der Waals surface area contributed by atoms with E-state index >= 15 is 0 Å². The Bertz CT molecular complexity index is 1190. The van der Waals surface area contributed by atoms with Gasteiger partial charge in [0.2, 0.25) is 5.90 Å². The zero-order chi connectivity index (χ0) is 22.7. The van der Waals surface area contributed by atoms with Crippen LogP contribution in [0.25, 0.3) is 6.08 Å². The van der Waals surface area contributed by atoms with Gasteiger partial charge < -0.3 is 14.2 Å². The highest BCUT2D eigenvalue weighted by Crippen LogP contribution is 2.31. The minimum absolute atomic E-state index is 0.00937. The summed E-state index contributed by atoms with van der Waals surface area (Å²) in [6.07, 6.45) is 1.36. The van der Waals surface area contributed by atoms with Crippen LogP contribution in [0.4, 0.5) is 5.69 Å². The minimum Gasteiger partial charge on any atom is -0.423 e. The number of nitro benzene ring substituents is 1. The van der Waals surface area contributed by atoms with Crippen LogP contribution in [0.2, 0.25) is 5.02 Å². The summed E-state index contributed by atoms with van der Waals surface area (Å²) in [7, 11) is 0. The molecule has 3 rings (SSSR count). The first kappa shape index (κ1) is 21.7. The Morgan fingerprint density at radius 2 is 1.77 bits per heavy atom. The number of benzene rings is 2. The van der Waals surface area contributed by atoms with E-state index in [1.165, 1.54) is 50.3 Å². The lowest BCUT2D eigenvalue weighted by atomic mass is 10.1. The molecule has 0 unspecified atom stereocenters. The van der Waals surface area contributed by atoms with E-state index < -0.39 is 22.8 Å². The lowest BCUT2D eigenvalue weighted by molar-refractivity contribution is -0.384. The predicted molar refractivity (Wildman–Crippen MR) is 108 cm³/mol. The summed E-state index contributed by atoms with van der Waals surface area (Å²) in [5.41, 5.74) is 0.299. The number of esters is 3. The molecule has 0 N–H and O–H groups in total. The fourth-order valence-corrected chi connectivity index (χ4v) is 2.82. The maximum atomic E-state index is 12.2. The molecule has 158 valence electrons. The molecule has 0 atom stereocenters. The lowest BCUT2D eigenvalue weighted by Crippen LogP contribution is -2.07. The second-order valence-electron chi connectivity index (χ2n) is 6.15. The average molecular weight is 445 g/mol. The molecule has 1 aliphatic rings. The molecule has 0 saturated carbocycles. The maximum absolute atomic E-state index is 12.2. The zero-order valence-electron chi connectivity index (χ0n) is 16.1. The topological polar surface area (TPSA) is 134 Å². The number of carbonyl (C=O) groups excluding carboxylic acids is 3. The number of cyclic esters (lactones) is 1. The summed E-state index contributed by atoms with van der Waals surface area (Å²) < 4.78 is 15.2. The fraction of sp³-hybridized carbons (Fsp3) is 0.100. The Morgan fingerprint density at radius 1 is 1.10 bits per heavy atom. The molecule has 0 bridgehead atoms. The van der Waals surface area contributed by atoms with E-state index in [1.54, 1.807) is 0 Å². The van der Waals surface area contributed by atoms with E-state index in [4.69, 9.17) is 25.8 Å². The van der Waals surface area contributed by atoms with Gasteiger partial charge in [-0.1, -0.05) is 17.7 Å². The van der Waals surface area contributed by atoms with Gasteiger partial charge in [0.15, 0.2) is 17.2 Å². The maximum Gasteiger partial charge on any atom is 0.363 e. The van der Waals surface area contributed by atoms with E-state index in [0.717, 1.165) is 6.07 Å². The molecule has 1 heterocycles. The molecule has 0 fully saturated rings. The van der Waals surface area contributed by atoms with E-state index in [1.807, 2.05) is 0 Å². The van der Waals surface area contributed by atoms with Crippen molar-refractivity contribution < 1.29 is 33.5 Å². The zero-order valence-corrected chi connectivity index (χ0v) is 16.8. The Labute approximate surface area is 179 Å². The van der Waals surface area contributed by atoms with Crippen molar-refractivity contribution in [2.24, 2.45) is 4.99 Å². The van der Waals surface area contributed by atoms with E-state index in [9.17, 15) is 24.5 Å². The SMILES string of the molecule is CC(=O)Oc1ccc(/C=C2\N=C(c3ccc([N+](=O)[O-])cc3Cl)OC2=O)cc1OC(C)=O. The Morgan fingerprint density at radius 3 is 2.39 bits per heavy atom. The summed E-state index contributed by atoms with van der Waals surface area (Å²) in [6, 6.07) is 7.93. The van der Waals surface area contributed by atoms with Crippen LogP contribution in [-0.2, 0) is 19.1 Å². The summed E-state index contributed by atoms with van der Waals surface area (Å²) in [5, 5.41) is 10.8. The van der Waals surface area contributed by atoms with E-state index in [2.05, 4.69) is 4.99 Å². The molecule has 1 aliphatic heterocycles. The van der Waals surface area contributed by atoms with Crippen molar-refractivity contribution in [3.63, 3.8) is 0 Å². The molecular formula is C20H13ClN2O8. The number of hydrogen-bond acceptors (Lipinski definition) is 9. The lowest BCUT2D eigenvalue weighted by Gasteiger charge is -2.09. The third-order valence-electron chi connectivity index (χ3n) is 3.79. The van der Waals surface area contributed by atoms with Gasteiger partial charge in [0.05, 0.1) is 15.5 Å². The van der Waals surface area contributed by atoms with Crippen molar-refractivity contribution >= 4 is 47.2 Å². The van der Waals surface area contributed by atoms with Crippen LogP contribution in [0, 0.1) is 10.1 Å². The number of non-ortho nitro benzene ring substituents is 1. The first-order valence-electron chi connectivity index (χ1n) is 8.62. The third kappa shape index (κ3) is 5.11. The van der Waals surface area contributed by atoms with Gasteiger partial charge in [0.25, 0.3) is 5.69 Å². The average Bonchev–Trinajstić information content (AvgIpc) is 3.03. The first-order chi connectivity index (χ1) is 14.6. The second-order valence-corrected chi connectivity index (χ2v) is 6.56. The monoisotopic (exact) mass is 444 g/mol. The van der Waals surface area contributed by atoms with Crippen molar-refractivity contribution in [1.82, 2.24) is 0 Å². The Kier molecular flexibility index (Phi) is 6.12. The normalized spacial score (nSPS) is 14.1. The molecule has 0 saturated heterocycles. The molecule has 0 aliphatic carbocycles. The van der Waals surface area contributed by atoms with Gasteiger partial charge in [-0.2, -0.15) is 0 Å². The van der Waals surface area contributed by atoms with Crippen molar-refractivity contribution in [1.29, 1.82) is 0 Å². The van der Waals surface area contributed by atoms with E-state index in [-0.39, 0.29) is 39.4 Å². The molecule has 2 aromatic carbocycles. The number of rotatable bonds is 5. The largest absolute Gasteiger partial charge is 0.423 e. The van der Waals surface area contributed by atoms with E-state index in [0.29, 0.717) is 5.56 Å². The van der Waals surface area contributed by atoms with Gasteiger partial charge in [0.1, 0.15) is 0 Å². The summed E-state index contributed by atoms with van der Waals surface area (Å²) >= 11 is 6.05. The van der Waals surface area contributed by atoms with Crippen LogP contribution in [0.1, 0.15) is 25.0 Å². The van der Waals surface area contributed by atoms with Crippen LogP contribution < -0.4 is 9.47 Å². The third-order valence-corrected chi connectivity index (χ3v) is 4.11. The summed E-state index contributed by atoms with van der Waals surface area (Å²) in [4.78, 5) is 49.1. The van der Waals surface area contributed by atoms with Gasteiger partial charge >= 0.3 is 17.9 Å². The second kappa shape index (κ2) is 8.76. The molecule has 0 aromatic heterocycles. The molecule has 31 heavy (non-hydrogen) atoms. The smallest absolute Gasteiger partial charge is 0.363 e. The highest BCUT2D eigenvalue weighted by molar-refractivity contribution is 6.34. The fourth-order valence-electron chi connectivity index (χ4n) is 2.56. The van der Waals surface area contributed by atoms with Crippen molar-refractivity contribution in [2.75, 3.05) is 0 Å². The van der Waals surface area contributed by atoms with Crippen LogP contribution in [-0.4, -0.2) is 28.7 Å². The van der Waals surface area contributed by atoms with Crippen molar-refractivity contribution in [2.45, 2.75) is 13.8 Å². The van der Waals surface area contributed by atoms with Gasteiger partial charge in [-0.25, -0.2) is 9.79 Å². The molecule has 0 radical (unpaired) electrons. The number of carbonyl (C=O) groups is 3. The van der Waals surface area contributed by atoms with Crippen LogP contribution in [0.15, 0.2) is 47.1 Å².